The Kier molecular flexibility index (Phi) is 3.77. The summed E-state index contributed by atoms with van der Waals surface area (Å²) in [6.07, 6.45) is 0.892. The lowest BCUT2D eigenvalue weighted by Gasteiger charge is -2.23. The molecule has 0 heterocycles. The van der Waals surface area contributed by atoms with Gasteiger partial charge < -0.3 is 15.7 Å². The zero-order chi connectivity index (χ0) is 12.3. The zero-order valence-corrected chi connectivity index (χ0v) is 9.90. The summed E-state index contributed by atoms with van der Waals surface area (Å²) in [5.74, 6) is -0.159. The molecule has 16 heavy (non-hydrogen) atoms. The van der Waals surface area contributed by atoms with E-state index in [-0.39, 0.29) is 23.4 Å². The highest BCUT2D eigenvalue weighted by atomic mass is 16.3. The van der Waals surface area contributed by atoms with Crippen LogP contribution in [-0.2, 0) is 0 Å². The monoisotopic (exact) mass is 222 g/mol. The minimum atomic E-state index is -0.107. The standard InChI is InChI=1S/C12H18N2O2/c1-4-8(2)14(3)12(16)9-5-6-10(13)11(15)7-9/h5-8,15H,4,13H2,1-3H3. The van der Waals surface area contributed by atoms with Gasteiger partial charge in [0.25, 0.3) is 5.91 Å². The number of hydrogen-bond donors (Lipinski definition) is 2. The predicted molar refractivity (Wildman–Crippen MR) is 64.4 cm³/mol. The second-order valence-corrected chi connectivity index (χ2v) is 3.95. The van der Waals surface area contributed by atoms with E-state index >= 15 is 0 Å². The Morgan fingerprint density at radius 2 is 2.19 bits per heavy atom. The molecule has 0 aromatic heterocycles. The van der Waals surface area contributed by atoms with Crippen LogP contribution >= 0.6 is 0 Å². The van der Waals surface area contributed by atoms with Crippen LogP contribution in [0.25, 0.3) is 0 Å². The van der Waals surface area contributed by atoms with Crippen molar-refractivity contribution in [1.29, 1.82) is 0 Å². The molecule has 1 aromatic rings. The third kappa shape index (κ3) is 2.45. The summed E-state index contributed by atoms with van der Waals surface area (Å²) in [6.45, 7) is 4.00. The average Bonchev–Trinajstić information content (AvgIpc) is 2.29. The summed E-state index contributed by atoms with van der Waals surface area (Å²) in [7, 11) is 1.75. The molecule has 0 saturated heterocycles. The molecule has 3 N–H and O–H groups in total. The zero-order valence-electron chi connectivity index (χ0n) is 9.90. The molecule has 0 spiro atoms. The summed E-state index contributed by atoms with van der Waals surface area (Å²) in [5, 5.41) is 9.43. The minimum absolute atomic E-state index is 0.0524. The fourth-order valence-corrected chi connectivity index (χ4v) is 1.35. The number of amides is 1. The lowest BCUT2D eigenvalue weighted by Crippen LogP contribution is -2.34. The first-order valence-electron chi connectivity index (χ1n) is 5.33. The summed E-state index contributed by atoms with van der Waals surface area (Å²) >= 11 is 0. The van der Waals surface area contributed by atoms with Crippen molar-refractivity contribution in [3.05, 3.63) is 23.8 Å². The van der Waals surface area contributed by atoms with E-state index in [9.17, 15) is 9.90 Å². The van der Waals surface area contributed by atoms with Crippen LogP contribution in [0.1, 0.15) is 30.6 Å². The molecule has 0 radical (unpaired) electrons. The topological polar surface area (TPSA) is 66.6 Å². The normalized spacial score (nSPS) is 12.2. The largest absolute Gasteiger partial charge is 0.506 e. The lowest BCUT2D eigenvalue weighted by molar-refractivity contribution is 0.0740. The first-order chi connectivity index (χ1) is 7.47. The van der Waals surface area contributed by atoms with Crippen LogP contribution in [-0.4, -0.2) is 29.0 Å². The predicted octanol–water partition coefficient (Wildman–Crippen LogP) is 1.84. The highest BCUT2D eigenvalue weighted by molar-refractivity contribution is 5.95. The number of carbonyl (C=O) groups is 1. The Morgan fingerprint density at radius 3 is 2.69 bits per heavy atom. The third-order valence-electron chi connectivity index (χ3n) is 2.85. The number of benzene rings is 1. The van der Waals surface area contributed by atoms with Crippen molar-refractivity contribution in [3.8, 4) is 5.75 Å². The molecule has 0 aliphatic rings. The van der Waals surface area contributed by atoms with Gasteiger partial charge in [0.05, 0.1) is 5.69 Å². The summed E-state index contributed by atoms with van der Waals surface area (Å²) in [6, 6.07) is 4.73. The minimum Gasteiger partial charge on any atom is -0.506 e. The van der Waals surface area contributed by atoms with Gasteiger partial charge in [0, 0.05) is 18.7 Å². The summed E-state index contributed by atoms with van der Waals surface area (Å²) < 4.78 is 0. The van der Waals surface area contributed by atoms with E-state index in [2.05, 4.69) is 0 Å². The van der Waals surface area contributed by atoms with Gasteiger partial charge in [0.1, 0.15) is 5.75 Å². The van der Waals surface area contributed by atoms with E-state index in [1.807, 2.05) is 13.8 Å². The number of aromatic hydroxyl groups is 1. The SMILES string of the molecule is CCC(C)N(C)C(=O)c1ccc(N)c(O)c1. The molecular weight excluding hydrogens is 204 g/mol. The van der Waals surface area contributed by atoms with Crippen LogP contribution in [0, 0.1) is 0 Å². The fraction of sp³-hybridized carbons (Fsp3) is 0.417. The quantitative estimate of drug-likeness (QED) is 0.605. The van der Waals surface area contributed by atoms with Crippen LogP contribution in [0.5, 0.6) is 5.75 Å². The first kappa shape index (κ1) is 12.4. The lowest BCUT2D eigenvalue weighted by atomic mass is 10.1. The second kappa shape index (κ2) is 4.88. The van der Waals surface area contributed by atoms with Crippen LogP contribution in [0.15, 0.2) is 18.2 Å². The average molecular weight is 222 g/mol. The molecule has 0 bridgehead atoms. The Morgan fingerprint density at radius 1 is 1.56 bits per heavy atom. The molecule has 0 aliphatic carbocycles. The van der Waals surface area contributed by atoms with Gasteiger partial charge in [-0.05, 0) is 31.5 Å². The van der Waals surface area contributed by atoms with Gasteiger partial charge in [-0.1, -0.05) is 6.92 Å². The maximum absolute atomic E-state index is 12.0. The molecule has 1 aromatic carbocycles. The maximum Gasteiger partial charge on any atom is 0.253 e. The van der Waals surface area contributed by atoms with Gasteiger partial charge in [-0.3, -0.25) is 4.79 Å². The number of nitrogen functional groups attached to an aromatic ring is 1. The molecule has 4 nitrogen and oxygen atoms in total. The van der Waals surface area contributed by atoms with E-state index in [0.717, 1.165) is 6.42 Å². The molecule has 0 aliphatic heterocycles. The van der Waals surface area contributed by atoms with Gasteiger partial charge >= 0.3 is 0 Å². The number of nitrogens with two attached hydrogens (primary N) is 1. The molecule has 1 unspecified atom stereocenters. The van der Waals surface area contributed by atoms with Crippen molar-refractivity contribution >= 4 is 11.6 Å². The van der Waals surface area contributed by atoms with E-state index in [0.29, 0.717) is 5.56 Å². The van der Waals surface area contributed by atoms with E-state index in [1.54, 1.807) is 18.0 Å². The van der Waals surface area contributed by atoms with Gasteiger partial charge in [-0.25, -0.2) is 0 Å². The van der Waals surface area contributed by atoms with Gasteiger partial charge in [0.2, 0.25) is 0 Å². The number of anilines is 1. The number of rotatable bonds is 3. The van der Waals surface area contributed by atoms with Crippen LogP contribution in [0.4, 0.5) is 5.69 Å². The van der Waals surface area contributed by atoms with Gasteiger partial charge in [-0.2, -0.15) is 0 Å². The number of carbonyl (C=O) groups excluding carboxylic acids is 1. The van der Waals surface area contributed by atoms with E-state index in [1.165, 1.54) is 12.1 Å². The van der Waals surface area contributed by atoms with Crippen molar-refractivity contribution in [2.45, 2.75) is 26.3 Å². The smallest absolute Gasteiger partial charge is 0.253 e. The van der Waals surface area contributed by atoms with Crippen LogP contribution in [0.2, 0.25) is 0 Å². The summed E-state index contributed by atoms with van der Waals surface area (Å²) in [5.41, 5.74) is 6.21. The summed E-state index contributed by atoms with van der Waals surface area (Å²) in [4.78, 5) is 13.6. The van der Waals surface area contributed by atoms with Crippen molar-refractivity contribution in [1.82, 2.24) is 4.90 Å². The fourth-order valence-electron chi connectivity index (χ4n) is 1.35. The second-order valence-electron chi connectivity index (χ2n) is 3.95. The number of phenolic OH excluding ortho intramolecular Hbond substituents is 1. The number of hydrogen-bond acceptors (Lipinski definition) is 3. The van der Waals surface area contributed by atoms with Crippen molar-refractivity contribution in [2.24, 2.45) is 0 Å². The number of phenols is 1. The molecule has 1 amide bonds. The van der Waals surface area contributed by atoms with E-state index < -0.39 is 0 Å². The molecule has 4 heteroatoms. The van der Waals surface area contributed by atoms with Crippen LogP contribution < -0.4 is 5.73 Å². The van der Waals surface area contributed by atoms with Gasteiger partial charge in [-0.15, -0.1) is 0 Å². The Bertz CT molecular complexity index is 391. The Balaban J connectivity index is 2.92. The van der Waals surface area contributed by atoms with Crippen LogP contribution in [0.3, 0.4) is 0 Å². The molecule has 88 valence electrons. The maximum atomic E-state index is 12.0. The molecule has 1 rings (SSSR count). The Labute approximate surface area is 95.7 Å². The van der Waals surface area contributed by atoms with Crippen molar-refractivity contribution in [2.75, 3.05) is 12.8 Å². The highest BCUT2D eigenvalue weighted by Crippen LogP contribution is 2.21. The molecular formula is C12H18N2O2. The molecule has 1 atom stereocenters. The highest BCUT2D eigenvalue weighted by Gasteiger charge is 2.16. The first-order valence-corrected chi connectivity index (χ1v) is 5.33. The third-order valence-corrected chi connectivity index (χ3v) is 2.85. The molecule has 0 saturated carbocycles. The van der Waals surface area contributed by atoms with Gasteiger partial charge in [0.15, 0.2) is 0 Å². The van der Waals surface area contributed by atoms with E-state index in [4.69, 9.17) is 5.73 Å². The molecule has 0 fully saturated rings. The van der Waals surface area contributed by atoms with Crippen molar-refractivity contribution in [3.63, 3.8) is 0 Å². The van der Waals surface area contributed by atoms with Crippen molar-refractivity contribution < 1.29 is 9.90 Å². The number of nitrogens with zero attached hydrogens (tertiary/aromatic N) is 1. The Hall–Kier alpha value is -1.71.